The Balaban J connectivity index is 2.10. The van der Waals surface area contributed by atoms with Crippen molar-refractivity contribution in [2.75, 3.05) is 6.54 Å². The van der Waals surface area contributed by atoms with Gasteiger partial charge in [-0.05, 0) is 18.2 Å². The number of fused-ring (bicyclic) bond motifs is 1. The first kappa shape index (κ1) is 16.3. The van der Waals surface area contributed by atoms with Gasteiger partial charge in [0.2, 0.25) is 0 Å². The molecule has 0 aliphatic heterocycles. The molecule has 0 aliphatic carbocycles. The van der Waals surface area contributed by atoms with Gasteiger partial charge in [0.05, 0.1) is 29.4 Å². The molecule has 2 heterocycles. The van der Waals surface area contributed by atoms with Crippen molar-refractivity contribution in [3.63, 3.8) is 0 Å². The lowest BCUT2D eigenvalue weighted by Crippen LogP contribution is -2.28. The Morgan fingerprint density at radius 3 is 2.71 bits per heavy atom. The third kappa shape index (κ3) is 3.21. The van der Waals surface area contributed by atoms with Crippen molar-refractivity contribution in [3.8, 4) is 11.3 Å². The molecular weight excluding hydrogens is 338 g/mol. The van der Waals surface area contributed by atoms with Crippen LogP contribution in [0.4, 0.5) is 8.78 Å². The van der Waals surface area contributed by atoms with Gasteiger partial charge in [0.1, 0.15) is 0 Å². The van der Waals surface area contributed by atoms with E-state index in [9.17, 15) is 13.6 Å². The van der Waals surface area contributed by atoms with Gasteiger partial charge in [0.25, 0.3) is 12.3 Å². The second kappa shape index (κ2) is 6.52. The highest BCUT2D eigenvalue weighted by Crippen LogP contribution is 2.25. The van der Waals surface area contributed by atoms with E-state index in [1.54, 1.807) is 37.4 Å². The molecule has 0 unspecified atom stereocenters. The summed E-state index contributed by atoms with van der Waals surface area (Å²) < 4.78 is 26.2. The maximum Gasteiger partial charge on any atom is 0.255 e. The van der Waals surface area contributed by atoms with E-state index in [1.807, 2.05) is 0 Å². The van der Waals surface area contributed by atoms with Crippen LogP contribution in [-0.2, 0) is 7.05 Å². The van der Waals surface area contributed by atoms with Gasteiger partial charge in [0.15, 0.2) is 5.65 Å². The summed E-state index contributed by atoms with van der Waals surface area (Å²) in [4.78, 5) is 16.8. The van der Waals surface area contributed by atoms with Gasteiger partial charge in [0, 0.05) is 17.6 Å². The number of carbonyl (C=O) groups excluding carboxylic acids is 1. The van der Waals surface area contributed by atoms with Crippen molar-refractivity contribution < 1.29 is 13.6 Å². The van der Waals surface area contributed by atoms with Crippen LogP contribution < -0.4 is 5.32 Å². The normalized spacial score (nSPS) is 11.2. The predicted octanol–water partition coefficient (Wildman–Crippen LogP) is 3.28. The number of hydrogen-bond donors (Lipinski definition) is 1. The summed E-state index contributed by atoms with van der Waals surface area (Å²) in [5, 5.41) is 7.38. The highest BCUT2D eigenvalue weighted by Gasteiger charge is 2.17. The molecule has 3 rings (SSSR count). The zero-order valence-corrected chi connectivity index (χ0v) is 13.4. The Kier molecular flexibility index (Phi) is 4.44. The standard InChI is InChI=1S/C16H13ClF2N4O/c1-23-15-12(7-21-23)11(16(24)20-8-14(18)19)6-13(22-15)9-2-4-10(17)5-3-9/h2-7,14H,8H2,1H3,(H,20,24). The lowest BCUT2D eigenvalue weighted by molar-refractivity contribution is 0.0893. The maximum absolute atomic E-state index is 12.4. The van der Waals surface area contributed by atoms with E-state index in [4.69, 9.17) is 11.6 Å². The van der Waals surface area contributed by atoms with Crippen molar-refractivity contribution in [1.82, 2.24) is 20.1 Å². The number of halogens is 3. The van der Waals surface area contributed by atoms with Gasteiger partial charge < -0.3 is 5.32 Å². The number of benzene rings is 1. The number of hydrogen-bond acceptors (Lipinski definition) is 3. The number of rotatable bonds is 4. The largest absolute Gasteiger partial charge is 0.346 e. The smallest absolute Gasteiger partial charge is 0.255 e. The first-order valence-corrected chi connectivity index (χ1v) is 7.48. The van der Waals surface area contributed by atoms with Gasteiger partial charge in [-0.15, -0.1) is 0 Å². The molecule has 1 aromatic carbocycles. The van der Waals surface area contributed by atoms with Gasteiger partial charge in [-0.25, -0.2) is 13.8 Å². The van der Waals surface area contributed by atoms with Crippen LogP contribution in [0.5, 0.6) is 0 Å². The molecule has 3 aromatic rings. The fourth-order valence-electron chi connectivity index (χ4n) is 2.34. The van der Waals surface area contributed by atoms with Gasteiger partial charge in [-0.3, -0.25) is 9.48 Å². The molecule has 0 bridgehead atoms. The second-order valence-electron chi connectivity index (χ2n) is 5.17. The zero-order valence-electron chi connectivity index (χ0n) is 12.6. The lowest BCUT2D eigenvalue weighted by atomic mass is 10.1. The molecule has 0 saturated heterocycles. The van der Waals surface area contributed by atoms with Crippen molar-refractivity contribution >= 4 is 28.5 Å². The van der Waals surface area contributed by atoms with Crippen LogP contribution in [0, 0.1) is 0 Å². The fraction of sp³-hybridized carbons (Fsp3) is 0.188. The van der Waals surface area contributed by atoms with E-state index >= 15 is 0 Å². The molecule has 0 spiro atoms. The molecule has 0 fully saturated rings. The number of alkyl halides is 2. The summed E-state index contributed by atoms with van der Waals surface area (Å²) in [6.07, 6.45) is -1.12. The van der Waals surface area contributed by atoms with Crippen LogP contribution in [-0.4, -0.2) is 33.6 Å². The highest BCUT2D eigenvalue weighted by molar-refractivity contribution is 6.30. The van der Waals surface area contributed by atoms with Gasteiger partial charge >= 0.3 is 0 Å². The van der Waals surface area contributed by atoms with Crippen LogP contribution in [0.2, 0.25) is 5.02 Å². The average Bonchev–Trinajstić information content (AvgIpc) is 2.94. The van der Waals surface area contributed by atoms with Crippen molar-refractivity contribution in [3.05, 3.63) is 47.1 Å². The Hall–Kier alpha value is -2.54. The van der Waals surface area contributed by atoms with E-state index in [2.05, 4.69) is 15.4 Å². The highest BCUT2D eigenvalue weighted by atomic mass is 35.5. The maximum atomic E-state index is 12.4. The SMILES string of the molecule is Cn1ncc2c(C(=O)NCC(F)F)cc(-c3ccc(Cl)cc3)nc21. The Labute approximate surface area is 141 Å². The van der Waals surface area contributed by atoms with Crippen molar-refractivity contribution in [2.24, 2.45) is 7.05 Å². The van der Waals surface area contributed by atoms with Crippen molar-refractivity contribution in [1.29, 1.82) is 0 Å². The van der Waals surface area contributed by atoms with E-state index in [-0.39, 0.29) is 5.56 Å². The molecule has 124 valence electrons. The van der Waals surface area contributed by atoms with E-state index in [0.717, 1.165) is 5.56 Å². The molecule has 0 atom stereocenters. The molecule has 1 N–H and O–H groups in total. The minimum Gasteiger partial charge on any atom is -0.346 e. The van der Waals surface area contributed by atoms with Gasteiger partial charge in [-0.1, -0.05) is 23.7 Å². The number of amides is 1. The second-order valence-corrected chi connectivity index (χ2v) is 5.60. The minimum atomic E-state index is -2.61. The Morgan fingerprint density at radius 1 is 1.33 bits per heavy atom. The predicted molar refractivity (Wildman–Crippen MR) is 87.3 cm³/mol. The molecular formula is C16H13ClF2N4O. The molecule has 5 nitrogen and oxygen atoms in total. The van der Waals surface area contributed by atoms with Crippen LogP contribution in [0.15, 0.2) is 36.5 Å². The minimum absolute atomic E-state index is 0.249. The number of carbonyl (C=O) groups is 1. The van der Waals surface area contributed by atoms with Crippen molar-refractivity contribution in [2.45, 2.75) is 6.43 Å². The first-order chi connectivity index (χ1) is 11.5. The molecule has 0 aliphatic rings. The Bertz CT molecular complexity index is 893. The van der Waals surface area contributed by atoms with Crippen LogP contribution >= 0.6 is 11.6 Å². The summed E-state index contributed by atoms with van der Waals surface area (Å²) in [7, 11) is 1.70. The first-order valence-electron chi connectivity index (χ1n) is 7.10. The number of pyridine rings is 1. The third-order valence-corrected chi connectivity index (χ3v) is 3.76. The molecule has 24 heavy (non-hydrogen) atoms. The molecule has 1 amide bonds. The quantitative estimate of drug-likeness (QED) is 0.785. The topological polar surface area (TPSA) is 59.8 Å². The third-order valence-electron chi connectivity index (χ3n) is 3.51. The number of aryl methyl sites for hydroxylation is 1. The summed E-state index contributed by atoms with van der Waals surface area (Å²) in [6.45, 7) is -0.709. The Morgan fingerprint density at radius 2 is 2.04 bits per heavy atom. The van der Waals surface area contributed by atoms with E-state index in [1.165, 1.54) is 10.9 Å². The van der Waals surface area contributed by atoms with Crippen LogP contribution in [0.3, 0.4) is 0 Å². The molecule has 0 saturated carbocycles. The summed E-state index contributed by atoms with van der Waals surface area (Å²) in [5.74, 6) is -0.592. The summed E-state index contributed by atoms with van der Waals surface area (Å²) in [5.41, 5.74) is 2.03. The van der Waals surface area contributed by atoms with E-state index < -0.39 is 18.9 Å². The summed E-state index contributed by atoms with van der Waals surface area (Å²) >= 11 is 5.88. The van der Waals surface area contributed by atoms with E-state index in [0.29, 0.717) is 21.7 Å². The zero-order chi connectivity index (χ0) is 17.3. The molecule has 2 aromatic heterocycles. The number of aromatic nitrogens is 3. The van der Waals surface area contributed by atoms with Crippen LogP contribution in [0.1, 0.15) is 10.4 Å². The number of nitrogens with one attached hydrogen (secondary N) is 1. The fourth-order valence-corrected chi connectivity index (χ4v) is 2.46. The monoisotopic (exact) mass is 350 g/mol. The summed E-state index contributed by atoms with van der Waals surface area (Å²) in [6, 6.07) is 8.53. The molecule has 0 radical (unpaired) electrons. The van der Waals surface area contributed by atoms with Crippen LogP contribution in [0.25, 0.3) is 22.3 Å². The number of nitrogens with zero attached hydrogens (tertiary/aromatic N) is 3. The average molecular weight is 351 g/mol. The lowest BCUT2D eigenvalue weighted by Gasteiger charge is -2.09. The molecule has 8 heteroatoms. The van der Waals surface area contributed by atoms with Gasteiger partial charge in [-0.2, -0.15) is 5.10 Å².